The Morgan fingerprint density at radius 1 is 1.20 bits per heavy atom. The molecule has 0 unspecified atom stereocenters. The molecule has 0 fully saturated rings. The van der Waals surface area contributed by atoms with E-state index in [1.54, 1.807) is 24.3 Å². The van der Waals surface area contributed by atoms with Gasteiger partial charge in [-0.1, -0.05) is 12.1 Å². The van der Waals surface area contributed by atoms with Crippen molar-refractivity contribution < 1.29 is 23.1 Å². The molecule has 0 saturated heterocycles. The van der Waals surface area contributed by atoms with E-state index in [9.17, 15) is 23.6 Å². The van der Waals surface area contributed by atoms with Crippen LogP contribution in [0, 0.1) is 11.3 Å². The lowest BCUT2D eigenvalue weighted by Gasteiger charge is -2.11. The molecule has 10 heteroatoms. The second-order valence-corrected chi connectivity index (χ2v) is 8.58. The molecule has 0 bridgehead atoms. The third-order valence-corrected chi connectivity index (χ3v) is 6.06. The molecule has 1 aromatic heterocycles. The summed E-state index contributed by atoms with van der Waals surface area (Å²) in [5.74, 6) is -1.08. The molecule has 1 heterocycles. The maximum absolute atomic E-state index is 12.2. The number of carbonyl (C=O) groups excluding carboxylic acids is 1. The van der Waals surface area contributed by atoms with Crippen molar-refractivity contribution in [1.82, 2.24) is 14.3 Å². The molecule has 2 aromatic carbocycles. The first-order chi connectivity index (χ1) is 14.2. The number of rotatable bonds is 6. The van der Waals surface area contributed by atoms with Crippen LogP contribution in [-0.2, 0) is 14.8 Å². The van der Waals surface area contributed by atoms with Crippen LogP contribution in [0.3, 0.4) is 0 Å². The van der Waals surface area contributed by atoms with Gasteiger partial charge in [-0.15, -0.1) is 0 Å². The number of H-pyrrole nitrogens is 1. The molecule has 0 amide bonds. The maximum Gasteiger partial charge on any atom is 0.338 e. The summed E-state index contributed by atoms with van der Waals surface area (Å²) in [6.45, 7) is -0.545. The van der Waals surface area contributed by atoms with E-state index >= 15 is 0 Å². The molecular weight excluding hydrogens is 408 g/mol. The summed E-state index contributed by atoms with van der Waals surface area (Å²) in [7, 11) is -0.806. The number of para-hydroxylation sites is 2. The topological polar surface area (TPSA) is 136 Å². The lowest BCUT2D eigenvalue weighted by atomic mass is 10.2. The van der Waals surface area contributed by atoms with Gasteiger partial charge < -0.3 is 14.8 Å². The van der Waals surface area contributed by atoms with Crippen molar-refractivity contribution in [3.05, 3.63) is 65.7 Å². The van der Waals surface area contributed by atoms with Gasteiger partial charge in [-0.25, -0.2) is 22.5 Å². The van der Waals surface area contributed by atoms with Gasteiger partial charge in [0.25, 0.3) is 0 Å². The number of allylic oxidation sites excluding steroid dienone is 1. The number of ether oxygens (including phenoxy) is 1. The Morgan fingerprint density at radius 3 is 2.47 bits per heavy atom. The largest absolute Gasteiger partial charge is 0.507 e. The number of benzene rings is 2. The maximum atomic E-state index is 12.2. The third-order valence-electron chi connectivity index (χ3n) is 4.24. The number of imidazole rings is 1. The van der Waals surface area contributed by atoms with Crippen molar-refractivity contribution in [1.29, 1.82) is 5.26 Å². The molecule has 0 aliphatic heterocycles. The molecule has 154 valence electrons. The fraction of sp³-hybridized carbons (Fsp3) is 0.150. The van der Waals surface area contributed by atoms with Gasteiger partial charge in [-0.3, -0.25) is 0 Å². The van der Waals surface area contributed by atoms with Crippen LogP contribution in [0.2, 0.25) is 0 Å². The highest BCUT2D eigenvalue weighted by Gasteiger charge is 2.19. The minimum Gasteiger partial charge on any atom is -0.507 e. The Kier molecular flexibility index (Phi) is 5.86. The first-order valence-corrected chi connectivity index (χ1v) is 10.1. The zero-order valence-corrected chi connectivity index (χ0v) is 17.0. The summed E-state index contributed by atoms with van der Waals surface area (Å²) in [6, 6.07) is 14.2. The summed E-state index contributed by atoms with van der Waals surface area (Å²) >= 11 is 0. The van der Waals surface area contributed by atoms with Crippen LogP contribution in [-0.4, -0.2) is 54.5 Å². The molecule has 0 aliphatic rings. The van der Waals surface area contributed by atoms with Gasteiger partial charge >= 0.3 is 5.97 Å². The van der Waals surface area contributed by atoms with Gasteiger partial charge in [-0.2, -0.15) is 5.26 Å². The molecular formula is C20H18N4O5S. The van der Waals surface area contributed by atoms with Gasteiger partial charge in [0.1, 0.15) is 18.2 Å². The molecule has 0 atom stereocenters. The van der Waals surface area contributed by atoms with E-state index in [-0.39, 0.29) is 21.9 Å². The van der Waals surface area contributed by atoms with E-state index in [2.05, 4.69) is 9.97 Å². The van der Waals surface area contributed by atoms with Crippen molar-refractivity contribution in [2.45, 2.75) is 4.90 Å². The van der Waals surface area contributed by atoms with Gasteiger partial charge in [0.05, 0.1) is 21.5 Å². The van der Waals surface area contributed by atoms with E-state index in [1.807, 2.05) is 6.07 Å². The zero-order chi connectivity index (χ0) is 21.9. The number of aromatic nitrogens is 2. The third kappa shape index (κ3) is 4.17. The Bertz CT molecular complexity index is 1240. The van der Waals surface area contributed by atoms with E-state index in [1.165, 1.54) is 38.4 Å². The van der Waals surface area contributed by atoms with E-state index in [0.29, 0.717) is 11.0 Å². The van der Waals surface area contributed by atoms with E-state index in [4.69, 9.17) is 4.74 Å². The number of sulfonamides is 1. The van der Waals surface area contributed by atoms with Crippen molar-refractivity contribution >= 4 is 32.6 Å². The number of hydrogen-bond acceptors (Lipinski definition) is 7. The lowest BCUT2D eigenvalue weighted by molar-refractivity contribution is 0.0502. The Balaban J connectivity index is 1.75. The highest BCUT2D eigenvalue weighted by molar-refractivity contribution is 7.89. The summed E-state index contributed by atoms with van der Waals surface area (Å²) in [4.78, 5) is 19.4. The number of nitrogens with one attached hydrogen (secondary N) is 1. The summed E-state index contributed by atoms with van der Waals surface area (Å²) in [5, 5.41) is 19.6. The fourth-order valence-electron chi connectivity index (χ4n) is 2.59. The second kappa shape index (κ2) is 8.36. The molecule has 9 nitrogen and oxygen atoms in total. The zero-order valence-electron chi connectivity index (χ0n) is 16.2. The van der Waals surface area contributed by atoms with Crippen LogP contribution in [0.1, 0.15) is 16.2 Å². The van der Waals surface area contributed by atoms with Crippen LogP contribution in [0.5, 0.6) is 0 Å². The number of fused-ring (bicyclic) bond motifs is 1. The fourth-order valence-corrected chi connectivity index (χ4v) is 3.49. The average Bonchev–Trinajstić information content (AvgIpc) is 3.16. The first-order valence-electron chi connectivity index (χ1n) is 8.71. The SMILES string of the molecule is CN(C)S(=O)(=O)c1ccc(C(=O)OC/C(O)=C(\C#N)c2nc3ccccc3[nH]2)cc1. The van der Waals surface area contributed by atoms with Crippen LogP contribution in [0.25, 0.3) is 16.6 Å². The Morgan fingerprint density at radius 2 is 1.87 bits per heavy atom. The van der Waals surface area contributed by atoms with Gasteiger partial charge in [0, 0.05) is 14.1 Å². The summed E-state index contributed by atoms with van der Waals surface area (Å²) in [5.41, 5.74) is 1.27. The predicted octanol–water partition coefficient (Wildman–Crippen LogP) is 2.46. The monoisotopic (exact) mass is 426 g/mol. The highest BCUT2D eigenvalue weighted by Crippen LogP contribution is 2.19. The number of carbonyl (C=O) groups is 1. The van der Waals surface area contributed by atoms with Crippen LogP contribution in [0.15, 0.2) is 59.2 Å². The highest BCUT2D eigenvalue weighted by atomic mass is 32.2. The van der Waals surface area contributed by atoms with Gasteiger partial charge in [0.15, 0.2) is 11.6 Å². The molecule has 0 radical (unpaired) electrons. The molecule has 3 rings (SSSR count). The van der Waals surface area contributed by atoms with E-state index < -0.39 is 28.4 Å². The molecule has 3 aromatic rings. The van der Waals surface area contributed by atoms with Crippen molar-refractivity contribution in [3.8, 4) is 6.07 Å². The quantitative estimate of drug-likeness (QED) is 0.351. The van der Waals surface area contributed by atoms with Crippen LogP contribution < -0.4 is 0 Å². The van der Waals surface area contributed by atoms with Gasteiger partial charge in [0.2, 0.25) is 10.0 Å². The number of nitriles is 1. The van der Waals surface area contributed by atoms with Crippen LogP contribution >= 0.6 is 0 Å². The standard InChI is InChI=1S/C20H18N4O5S/c1-24(2)30(27,28)14-9-7-13(8-10-14)20(26)29-12-18(25)15(11-21)19-22-16-5-3-4-6-17(16)23-19/h3-10,25H,12H2,1-2H3,(H,22,23)/b18-15-. The lowest BCUT2D eigenvalue weighted by Crippen LogP contribution is -2.22. The predicted molar refractivity (Wildman–Crippen MR) is 109 cm³/mol. The number of aliphatic hydroxyl groups excluding tert-OH is 1. The molecule has 0 aliphatic carbocycles. The summed E-state index contributed by atoms with van der Waals surface area (Å²) in [6.07, 6.45) is 0. The van der Waals surface area contributed by atoms with Crippen LogP contribution in [0.4, 0.5) is 0 Å². The van der Waals surface area contributed by atoms with Crippen molar-refractivity contribution in [2.75, 3.05) is 20.7 Å². The van der Waals surface area contributed by atoms with Crippen molar-refractivity contribution in [2.24, 2.45) is 0 Å². The minimum absolute atomic E-state index is 0.0310. The van der Waals surface area contributed by atoms with Gasteiger partial charge in [-0.05, 0) is 36.4 Å². The minimum atomic E-state index is -3.61. The number of nitrogens with zero attached hydrogens (tertiary/aromatic N) is 3. The Labute approximate surface area is 172 Å². The number of aliphatic hydroxyl groups is 1. The molecule has 30 heavy (non-hydrogen) atoms. The number of aromatic amines is 1. The Hall–Kier alpha value is -3.68. The normalized spacial score (nSPS) is 12.5. The van der Waals surface area contributed by atoms with Crippen molar-refractivity contribution in [3.63, 3.8) is 0 Å². The smallest absolute Gasteiger partial charge is 0.338 e. The second-order valence-electron chi connectivity index (χ2n) is 6.42. The first kappa shape index (κ1) is 21.0. The number of esters is 1. The van der Waals surface area contributed by atoms with E-state index in [0.717, 1.165) is 4.31 Å². The molecule has 0 spiro atoms. The average molecular weight is 426 g/mol. The number of hydrogen-bond donors (Lipinski definition) is 2. The summed E-state index contributed by atoms with van der Waals surface area (Å²) < 4.78 is 30.2. The molecule has 2 N–H and O–H groups in total. The molecule has 0 saturated carbocycles.